The Balaban J connectivity index is 0. The van der Waals surface area contributed by atoms with Crippen molar-refractivity contribution in [2.24, 2.45) is 11.5 Å². The Bertz CT molecular complexity index is 418. The van der Waals surface area contributed by atoms with Gasteiger partial charge in [0.25, 0.3) is 0 Å². The molecule has 0 saturated heterocycles. The molecule has 0 amide bonds. The van der Waals surface area contributed by atoms with Gasteiger partial charge in [-0.1, -0.05) is 38.5 Å². The minimum absolute atomic E-state index is 0. The number of rotatable bonds is 4. The smallest absolute Gasteiger partial charge is 0.00962 e. The second-order valence-electron chi connectivity index (χ2n) is 11.1. The Hall–Kier alpha value is 1.00. The maximum Gasteiger partial charge on any atom is 0.00962 e. The van der Waals surface area contributed by atoms with Crippen molar-refractivity contribution in [3.05, 3.63) is 0 Å². The van der Waals surface area contributed by atoms with Crippen molar-refractivity contribution in [2.75, 3.05) is 14.1 Å². The summed E-state index contributed by atoms with van der Waals surface area (Å²) in [6, 6.07) is 4.37. The Labute approximate surface area is 236 Å². The van der Waals surface area contributed by atoms with E-state index in [1.807, 2.05) is 0 Å². The molecule has 0 aromatic rings. The van der Waals surface area contributed by atoms with Gasteiger partial charge in [-0.05, 0) is 91.1 Å². The van der Waals surface area contributed by atoms with E-state index in [2.05, 4.69) is 23.9 Å². The average molecular weight is 567 g/mol. The van der Waals surface area contributed by atoms with Gasteiger partial charge >= 0.3 is 0 Å². The van der Waals surface area contributed by atoms with Gasteiger partial charge in [0.2, 0.25) is 0 Å². The molecule has 4 N–H and O–H groups in total. The summed E-state index contributed by atoms with van der Waals surface area (Å²) in [7, 11) is 4.69. The number of hydrogen-bond donors (Lipinski definition) is 2. The zero-order chi connectivity index (χ0) is 21.3. The molecule has 4 rings (SSSR count). The lowest BCUT2D eigenvalue weighted by Crippen LogP contribution is -2.44. The molecule has 4 fully saturated rings. The fourth-order valence-corrected chi connectivity index (χ4v) is 6.59. The molecule has 8 heteroatoms. The van der Waals surface area contributed by atoms with Gasteiger partial charge in [0.15, 0.2) is 0 Å². The minimum Gasteiger partial charge on any atom is -0.328 e. The van der Waals surface area contributed by atoms with E-state index in [-0.39, 0.29) is 49.6 Å². The summed E-state index contributed by atoms with van der Waals surface area (Å²) in [6.45, 7) is 0. The molecule has 4 nitrogen and oxygen atoms in total. The van der Waals surface area contributed by atoms with Crippen LogP contribution in [-0.2, 0) is 0 Å². The lowest BCUT2D eigenvalue weighted by Gasteiger charge is -2.40. The highest BCUT2D eigenvalue weighted by Gasteiger charge is 2.28. The van der Waals surface area contributed by atoms with Crippen LogP contribution in [-0.4, -0.2) is 60.1 Å². The van der Waals surface area contributed by atoms with Crippen molar-refractivity contribution in [1.82, 2.24) is 9.80 Å². The second kappa shape index (κ2) is 20.0. The average Bonchev–Trinajstić information content (AvgIpc) is 2.81. The minimum atomic E-state index is 0. The fraction of sp³-hybridized carbons (Fsp3) is 1.00. The van der Waals surface area contributed by atoms with E-state index in [0.29, 0.717) is 12.1 Å². The van der Waals surface area contributed by atoms with Crippen LogP contribution in [0.2, 0.25) is 0 Å². The Morgan fingerprint density at radius 2 is 0.618 bits per heavy atom. The number of hydrogen-bond acceptors (Lipinski definition) is 4. The number of nitrogens with two attached hydrogens (primary N) is 2. The third kappa shape index (κ3) is 12.0. The zero-order valence-corrected chi connectivity index (χ0v) is 25.1. The molecule has 4 aliphatic rings. The van der Waals surface area contributed by atoms with Gasteiger partial charge in [-0.15, -0.1) is 49.6 Å². The van der Waals surface area contributed by atoms with Gasteiger partial charge in [-0.25, -0.2) is 0 Å². The quantitative estimate of drug-likeness (QED) is 0.396. The van der Waals surface area contributed by atoms with E-state index in [4.69, 9.17) is 11.5 Å². The largest absolute Gasteiger partial charge is 0.328 e. The zero-order valence-electron chi connectivity index (χ0n) is 21.9. The van der Waals surface area contributed by atoms with Crippen molar-refractivity contribution in [2.45, 2.75) is 152 Å². The molecule has 208 valence electrons. The molecule has 0 atom stereocenters. The van der Waals surface area contributed by atoms with Crippen LogP contribution in [0.15, 0.2) is 0 Å². The van der Waals surface area contributed by atoms with Crippen LogP contribution in [0.25, 0.3) is 0 Å². The van der Waals surface area contributed by atoms with Crippen molar-refractivity contribution < 1.29 is 0 Å². The molecule has 0 unspecified atom stereocenters. The molecular formula is C26H56Cl4N4. The molecule has 0 radical (unpaired) electrons. The van der Waals surface area contributed by atoms with Crippen LogP contribution >= 0.6 is 49.6 Å². The lowest BCUT2D eigenvalue weighted by molar-refractivity contribution is 0.107. The molecule has 0 aliphatic heterocycles. The normalized spacial score (nSPS) is 30.5. The molecule has 4 saturated carbocycles. The van der Waals surface area contributed by atoms with Gasteiger partial charge in [-0.3, -0.25) is 0 Å². The molecule has 0 aromatic carbocycles. The fourth-order valence-electron chi connectivity index (χ4n) is 6.59. The summed E-state index contributed by atoms with van der Waals surface area (Å²) < 4.78 is 0. The summed E-state index contributed by atoms with van der Waals surface area (Å²) in [5, 5.41) is 0. The third-order valence-corrected chi connectivity index (χ3v) is 8.94. The summed E-state index contributed by atoms with van der Waals surface area (Å²) in [5.74, 6) is 0. The van der Waals surface area contributed by atoms with E-state index in [9.17, 15) is 0 Å². The topological polar surface area (TPSA) is 58.5 Å². The maximum atomic E-state index is 5.96. The van der Waals surface area contributed by atoms with Crippen molar-refractivity contribution >= 4 is 49.6 Å². The van der Waals surface area contributed by atoms with Crippen molar-refractivity contribution in [3.8, 4) is 0 Å². The Morgan fingerprint density at radius 1 is 0.382 bits per heavy atom. The number of halogens is 4. The van der Waals surface area contributed by atoms with Gasteiger partial charge in [-0.2, -0.15) is 0 Å². The van der Waals surface area contributed by atoms with Crippen LogP contribution in [0.5, 0.6) is 0 Å². The highest BCUT2D eigenvalue weighted by atomic mass is 35.5. The summed E-state index contributed by atoms with van der Waals surface area (Å²) in [4.78, 5) is 5.34. The van der Waals surface area contributed by atoms with E-state index < -0.39 is 0 Å². The lowest BCUT2D eigenvalue weighted by atomic mass is 9.87. The van der Waals surface area contributed by atoms with Crippen LogP contribution in [0, 0.1) is 0 Å². The SMILES string of the molecule is CN(C1CCCCC1)C1CCC(N)CC1.CN(C1CCCCC1)C1CCC(N)CC1.Cl.Cl.Cl.Cl. The predicted octanol–water partition coefficient (Wildman–Crippen LogP) is 6.73. The van der Waals surface area contributed by atoms with E-state index in [1.54, 1.807) is 0 Å². The van der Waals surface area contributed by atoms with Gasteiger partial charge in [0.1, 0.15) is 0 Å². The summed E-state index contributed by atoms with van der Waals surface area (Å²) in [6.07, 6.45) is 24.7. The summed E-state index contributed by atoms with van der Waals surface area (Å²) in [5.41, 5.74) is 11.9. The van der Waals surface area contributed by atoms with E-state index in [1.165, 1.54) is 116 Å². The van der Waals surface area contributed by atoms with Crippen LogP contribution in [0.3, 0.4) is 0 Å². The number of nitrogens with zero attached hydrogens (tertiary/aromatic N) is 2. The second-order valence-corrected chi connectivity index (χ2v) is 11.1. The van der Waals surface area contributed by atoms with Gasteiger partial charge < -0.3 is 21.3 Å². The van der Waals surface area contributed by atoms with Crippen LogP contribution < -0.4 is 11.5 Å². The van der Waals surface area contributed by atoms with E-state index >= 15 is 0 Å². The molecular weight excluding hydrogens is 510 g/mol. The summed E-state index contributed by atoms with van der Waals surface area (Å²) >= 11 is 0. The Kier molecular flexibility index (Phi) is 21.9. The predicted molar refractivity (Wildman–Crippen MR) is 159 cm³/mol. The molecule has 0 spiro atoms. The highest BCUT2D eigenvalue weighted by Crippen LogP contribution is 2.29. The first kappa shape index (κ1) is 37.2. The van der Waals surface area contributed by atoms with Crippen molar-refractivity contribution in [1.29, 1.82) is 0 Å². The maximum absolute atomic E-state index is 5.96. The third-order valence-electron chi connectivity index (χ3n) is 8.94. The van der Waals surface area contributed by atoms with Crippen LogP contribution in [0.1, 0.15) is 116 Å². The standard InChI is InChI=1S/2C13H26N2.4ClH/c2*1-15(12-5-3-2-4-6-12)13-9-7-11(14)8-10-13;;;;/h2*11-13H,2-10,14H2,1H3;4*1H. The molecule has 0 bridgehead atoms. The monoisotopic (exact) mass is 564 g/mol. The molecule has 0 heterocycles. The molecule has 34 heavy (non-hydrogen) atoms. The van der Waals surface area contributed by atoms with Crippen LogP contribution in [0.4, 0.5) is 0 Å². The first-order valence-corrected chi connectivity index (χ1v) is 13.5. The van der Waals surface area contributed by atoms with E-state index in [0.717, 1.165) is 24.2 Å². The highest BCUT2D eigenvalue weighted by molar-refractivity contribution is 5.86. The van der Waals surface area contributed by atoms with Gasteiger partial charge in [0.05, 0.1) is 0 Å². The Morgan fingerprint density at radius 3 is 0.882 bits per heavy atom. The molecule has 0 aromatic heterocycles. The van der Waals surface area contributed by atoms with Crippen molar-refractivity contribution in [3.63, 3.8) is 0 Å². The first-order valence-electron chi connectivity index (χ1n) is 13.5. The van der Waals surface area contributed by atoms with Gasteiger partial charge in [0, 0.05) is 36.3 Å². The molecule has 4 aliphatic carbocycles. The first-order chi connectivity index (χ1) is 14.5.